The highest BCUT2D eigenvalue weighted by Gasteiger charge is 1.55. The van der Waals surface area contributed by atoms with Gasteiger partial charge in [-0.05, 0) is 6.54 Å². The molecule has 0 saturated carbocycles. The molecule has 0 heterocycles. The maximum Gasteiger partial charge on any atom is -0.0483 e. The molecule has 0 unspecified atom stereocenters. The Morgan fingerprint density at radius 1 is 1.50 bits per heavy atom. The molecule has 0 aliphatic rings. The second kappa shape index (κ2) is 5.02. The third kappa shape index (κ3) is 4.02. The summed E-state index contributed by atoms with van der Waals surface area (Å²) in [5, 5.41) is 3.07. The van der Waals surface area contributed by atoms with Crippen LogP contribution in [0.25, 0.3) is 0 Å². The van der Waals surface area contributed by atoms with E-state index in [0.29, 0.717) is 0 Å². The van der Waals surface area contributed by atoms with Crippen molar-refractivity contribution >= 4 is 7.41 Å². The van der Waals surface area contributed by atoms with Crippen LogP contribution in [-0.2, 0) is 0 Å². The second-order valence-electron chi connectivity index (χ2n) is 1.17. The van der Waals surface area contributed by atoms with E-state index < -0.39 is 0 Å². The van der Waals surface area contributed by atoms with Crippen LogP contribution < -0.4 is 5.23 Å². The molecular formula is C4H11BN-. The Morgan fingerprint density at radius 2 is 2.17 bits per heavy atom. The molecule has 2 radical (unpaired) electrons. The first kappa shape index (κ1) is 6.02. The van der Waals surface area contributed by atoms with Crippen LogP contribution in [0.2, 0.25) is 6.32 Å². The summed E-state index contributed by atoms with van der Waals surface area (Å²) in [5.41, 5.74) is 0. The Morgan fingerprint density at radius 3 is 2.33 bits per heavy atom. The summed E-state index contributed by atoms with van der Waals surface area (Å²) in [6.45, 7) is 5.25. The lowest BCUT2D eigenvalue weighted by atomic mass is 9.91. The van der Waals surface area contributed by atoms with Gasteiger partial charge in [0, 0.05) is 0 Å². The number of nitrogens with one attached hydrogen (secondary N) is 1. The van der Waals surface area contributed by atoms with Gasteiger partial charge in [-0.3, -0.25) is 0 Å². The van der Waals surface area contributed by atoms with Crippen molar-refractivity contribution in [2.24, 2.45) is 0 Å². The first-order valence-electron chi connectivity index (χ1n) is 2.46. The molecule has 0 amide bonds. The predicted octanol–water partition coefficient (Wildman–Crippen LogP) is 0.653. The number of hydrogen-bond donors (Lipinski definition) is 1. The van der Waals surface area contributed by atoms with E-state index in [0.717, 1.165) is 12.9 Å². The summed E-state index contributed by atoms with van der Waals surface area (Å²) in [7, 11) is 2.06. The van der Waals surface area contributed by atoms with Crippen LogP contribution >= 0.6 is 0 Å². The molecule has 0 aromatic heterocycles. The van der Waals surface area contributed by atoms with Crippen molar-refractivity contribution < 1.29 is 0 Å². The van der Waals surface area contributed by atoms with Crippen molar-refractivity contribution in [3.8, 4) is 0 Å². The molecule has 0 rings (SSSR count). The van der Waals surface area contributed by atoms with Crippen molar-refractivity contribution in [3.05, 3.63) is 0 Å². The fraction of sp³-hybridized carbons (Fsp3) is 1.00. The summed E-state index contributed by atoms with van der Waals surface area (Å²) < 4.78 is 0. The van der Waals surface area contributed by atoms with E-state index in [1.54, 1.807) is 0 Å². The van der Waals surface area contributed by atoms with Gasteiger partial charge in [0.25, 0.3) is 0 Å². The maximum atomic E-state index is 3.07. The second-order valence-corrected chi connectivity index (χ2v) is 1.17. The minimum atomic E-state index is 1.05. The normalized spacial score (nSPS) is 9.00. The number of hydrogen-bond acceptors (Lipinski definition) is 1. The molecule has 0 spiro atoms. The molecule has 0 bridgehead atoms. The molecule has 6 heavy (non-hydrogen) atoms. The Bertz CT molecular complexity index is 19.5. The van der Waals surface area contributed by atoms with Gasteiger partial charge in [0.15, 0.2) is 0 Å². The minimum Gasteiger partial charge on any atom is -0.555 e. The topological polar surface area (TPSA) is 12.0 Å². The Kier molecular flexibility index (Phi) is 5.05. The van der Waals surface area contributed by atoms with Gasteiger partial charge in [0.05, 0.1) is 0 Å². The van der Waals surface area contributed by atoms with E-state index in [2.05, 4.69) is 26.5 Å². The molecule has 0 atom stereocenters. The molecular weight excluding hydrogens is 72.9 g/mol. The number of rotatable bonds is 3. The van der Waals surface area contributed by atoms with Gasteiger partial charge in [-0.1, -0.05) is 6.92 Å². The average Bonchev–Trinajstić information content (AvgIpc) is 1.61. The zero-order valence-corrected chi connectivity index (χ0v) is 4.49. The predicted molar refractivity (Wildman–Crippen MR) is 29.9 cm³/mol. The zero-order valence-electron chi connectivity index (χ0n) is 4.49. The first-order chi connectivity index (χ1) is 2.91. The largest absolute Gasteiger partial charge is 0.555 e. The SMILES string of the molecule is CC[B-]NCC. The van der Waals surface area contributed by atoms with Gasteiger partial charge < -0.3 is 5.23 Å². The van der Waals surface area contributed by atoms with Crippen molar-refractivity contribution in [2.45, 2.75) is 20.2 Å². The first-order valence-corrected chi connectivity index (χ1v) is 2.46. The van der Waals surface area contributed by atoms with Gasteiger partial charge in [-0.2, -0.15) is 0 Å². The summed E-state index contributed by atoms with van der Waals surface area (Å²) in [5.74, 6) is 0. The maximum absolute atomic E-state index is 3.07. The van der Waals surface area contributed by atoms with Crippen LogP contribution in [0.4, 0.5) is 0 Å². The fourth-order valence-electron chi connectivity index (χ4n) is 0.289. The van der Waals surface area contributed by atoms with E-state index in [9.17, 15) is 0 Å². The van der Waals surface area contributed by atoms with Crippen LogP contribution in [0.15, 0.2) is 0 Å². The molecule has 0 aromatic rings. The van der Waals surface area contributed by atoms with Gasteiger partial charge in [0.1, 0.15) is 0 Å². The van der Waals surface area contributed by atoms with Crippen molar-refractivity contribution in [3.63, 3.8) is 0 Å². The van der Waals surface area contributed by atoms with E-state index >= 15 is 0 Å². The molecule has 2 heteroatoms. The van der Waals surface area contributed by atoms with Crippen molar-refractivity contribution in [1.29, 1.82) is 0 Å². The third-order valence-corrected chi connectivity index (χ3v) is 0.553. The van der Waals surface area contributed by atoms with Crippen LogP contribution in [0.5, 0.6) is 0 Å². The van der Waals surface area contributed by atoms with Gasteiger partial charge in [-0.25, -0.2) is 13.7 Å². The summed E-state index contributed by atoms with van der Waals surface area (Å²) in [4.78, 5) is 0. The van der Waals surface area contributed by atoms with Crippen molar-refractivity contribution in [1.82, 2.24) is 5.23 Å². The van der Waals surface area contributed by atoms with Gasteiger partial charge in [0.2, 0.25) is 0 Å². The highest BCUT2D eigenvalue weighted by Crippen LogP contribution is 1.64. The summed E-state index contributed by atoms with van der Waals surface area (Å²) in [6.07, 6.45) is 1.12. The third-order valence-electron chi connectivity index (χ3n) is 0.553. The van der Waals surface area contributed by atoms with Crippen LogP contribution in [0, 0.1) is 0 Å². The lowest BCUT2D eigenvalue weighted by Gasteiger charge is -2.09. The molecule has 0 saturated heterocycles. The molecule has 0 aliphatic carbocycles. The Balaban J connectivity index is 2.34. The van der Waals surface area contributed by atoms with Crippen LogP contribution in [-0.4, -0.2) is 14.0 Å². The molecule has 1 N–H and O–H groups in total. The summed E-state index contributed by atoms with van der Waals surface area (Å²) in [6, 6.07) is 0. The fourth-order valence-corrected chi connectivity index (χ4v) is 0.289. The quantitative estimate of drug-likeness (QED) is 0.391. The molecule has 36 valence electrons. The summed E-state index contributed by atoms with van der Waals surface area (Å²) >= 11 is 0. The van der Waals surface area contributed by atoms with Crippen LogP contribution in [0.1, 0.15) is 13.8 Å². The standard InChI is InChI=1S/C4H11BN/c1-3-5-6-4-2/h6H,3-4H2,1-2H3/q-1. The molecule has 0 fully saturated rings. The van der Waals surface area contributed by atoms with E-state index in [1.807, 2.05) is 0 Å². The molecule has 0 aliphatic heterocycles. The molecule has 1 nitrogen and oxygen atoms in total. The highest BCUT2D eigenvalue weighted by molar-refractivity contribution is 6.31. The average molecular weight is 84.0 g/mol. The monoisotopic (exact) mass is 84.1 g/mol. The Labute approximate surface area is 40.4 Å². The highest BCUT2D eigenvalue weighted by atomic mass is 14.7. The smallest absolute Gasteiger partial charge is 0.0483 e. The van der Waals surface area contributed by atoms with Gasteiger partial charge >= 0.3 is 0 Å². The lowest BCUT2D eigenvalue weighted by Crippen LogP contribution is -2.16. The van der Waals surface area contributed by atoms with E-state index in [-0.39, 0.29) is 0 Å². The zero-order chi connectivity index (χ0) is 4.83. The minimum absolute atomic E-state index is 1.05. The van der Waals surface area contributed by atoms with E-state index in [1.165, 1.54) is 0 Å². The lowest BCUT2D eigenvalue weighted by molar-refractivity contribution is 0.996. The Hall–Kier alpha value is 0.0249. The van der Waals surface area contributed by atoms with Crippen LogP contribution in [0.3, 0.4) is 0 Å². The van der Waals surface area contributed by atoms with Crippen molar-refractivity contribution in [2.75, 3.05) is 6.54 Å². The van der Waals surface area contributed by atoms with Gasteiger partial charge in [-0.15, -0.1) is 6.92 Å². The van der Waals surface area contributed by atoms with E-state index in [4.69, 9.17) is 0 Å². The molecule has 0 aromatic carbocycles.